The van der Waals surface area contributed by atoms with Crippen LogP contribution in [0.2, 0.25) is 0 Å². The smallest absolute Gasteiger partial charge is 0.178 e. The van der Waals surface area contributed by atoms with Crippen LogP contribution in [-0.4, -0.2) is 46.3 Å². The number of hydrogen-bond acceptors (Lipinski definition) is 6. The number of rotatable bonds is 2. The average Bonchev–Trinajstić information content (AvgIpc) is 3.48. The van der Waals surface area contributed by atoms with Crippen LogP contribution in [0, 0.1) is 12.3 Å². The molecule has 30 heavy (non-hydrogen) atoms. The van der Waals surface area contributed by atoms with Crippen LogP contribution in [0.3, 0.4) is 0 Å². The molecule has 3 aromatic rings. The lowest BCUT2D eigenvalue weighted by Crippen LogP contribution is -2.44. The zero-order valence-corrected chi connectivity index (χ0v) is 17.6. The van der Waals surface area contributed by atoms with E-state index in [-0.39, 0.29) is 11.5 Å². The third kappa shape index (κ3) is 2.64. The average molecular weight is 404 g/mol. The molecule has 0 amide bonds. The van der Waals surface area contributed by atoms with Crippen molar-refractivity contribution < 1.29 is 0 Å². The van der Waals surface area contributed by atoms with Gasteiger partial charge in [0.15, 0.2) is 22.8 Å². The first kappa shape index (κ1) is 18.1. The molecular formula is C23H29N7. The van der Waals surface area contributed by atoms with Crippen molar-refractivity contribution >= 4 is 22.8 Å². The normalized spacial score (nSPS) is 22.9. The highest BCUT2D eigenvalue weighted by Gasteiger charge is 2.46. The maximum absolute atomic E-state index is 6.74. The highest BCUT2D eigenvalue weighted by atomic mass is 15.3. The number of aromatic amines is 1. The minimum atomic E-state index is 0.140. The van der Waals surface area contributed by atoms with Crippen LogP contribution >= 0.6 is 0 Å². The number of anilines is 2. The Morgan fingerprint density at radius 3 is 2.50 bits per heavy atom. The first-order valence-electron chi connectivity index (χ1n) is 11.2. The Balaban J connectivity index is 1.25. The predicted octanol–water partition coefficient (Wildman–Crippen LogP) is 3.10. The molecule has 3 aliphatic rings. The summed E-state index contributed by atoms with van der Waals surface area (Å²) in [5.41, 5.74) is 12.4. The number of aromatic nitrogens is 4. The lowest BCUT2D eigenvalue weighted by atomic mass is 9.73. The summed E-state index contributed by atoms with van der Waals surface area (Å²) >= 11 is 0. The third-order valence-corrected chi connectivity index (χ3v) is 7.58. The maximum atomic E-state index is 6.74. The number of fused-ring (bicyclic) bond motifs is 2. The summed E-state index contributed by atoms with van der Waals surface area (Å²) in [7, 11) is 0. The van der Waals surface area contributed by atoms with Crippen LogP contribution < -0.4 is 15.5 Å². The number of nitrogens with zero attached hydrogens (tertiary/aromatic N) is 5. The van der Waals surface area contributed by atoms with E-state index in [4.69, 9.17) is 15.7 Å². The first-order chi connectivity index (χ1) is 14.6. The lowest BCUT2D eigenvalue weighted by molar-refractivity contribution is 0.187. The molecule has 0 bridgehead atoms. The molecule has 2 saturated heterocycles. The van der Waals surface area contributed by atoms with E-state index in [1.54, 1.807) is 0 Å². The number of aryl methyl sites for hydroxylation is 1. The second-order valence-corrected chi connectivity index (χ2v) is 9.27. The summed E-state index contributed by atoms with van der Waals surface area (Å²) in [6, 6.07) is 8.84. The largest absolute Gasteiger partial charge is 0.355 e. The highest BCUT2D eigenvalue weighted by Crippen LogP contribution is 2.51. The van der Waals surface area contributed by atoms with Crippen molar-refractivity contribution in [2.75, 3.05) is 36.0 Å². The third-order valence-electron chi connectivity index (χ3n) is 7.58. The fraction of sp³-hybridized carbons (Fsp3) is 0.522. The van der Waals surface area contributed by atoms with E-state index in [0.717, 1.165) is 73.9 Å². The molecule has 3 N–H and O–H groups in total. The van der Waals surface area contributed by atoms with Crippen molar-refractivity contribution in [1.82, 2.24) is 20.2 Å². The van der Waals surface area contributed by atoms with Crippen LogP contribution in [0.5, 0.6) is 0 Å². The summed E-state index contributed by atoms with van der Waals surface area (Å²) in [6.45, 7) is 6.12. The summed E-state index contributed by atoms with van der Waals surface area (Å²) in [5, 5.41) is 7.66. The Hall–Kier alpha value is -2.67. The molecule has 2 aromatic heterocycles. The van der Waals surface area contributed by atoms with Gasteiger partial charge in [-0.05, 0) is 55.6 Å². The minimum absolute atomic E-state index is 0.140. The van der Waals surface area contributed by atoms with Gasteiger partial charge in [-0.25, -0.2) is 9.97 Å². The van der Waals surface area contributed by atoms with Crippen LogP contribution in [-0.2, 0) is 6.42 Å². The molecule has 6 rings (SSSR count). The topological polar surface area (TPSA) is 87.0 Å². The number of hydrogen-bond donors (Lipinski definition) is 2. The standard InChI is InChI=1S/C23H29N7/c1-15-21(26-20-18(25-15)22(28-27-20)29-10-4-5-11-29)30-12-8-23(9-13-30)14-16-6-2-3-7-17(16)19(23)24/h2-3,6-7,19H,4-5,8-14,24H2,1H3,(H,26,27,28)/t19-/m1/s1. The summed E-state index contributed by atoms with van der Waals surface area (Å²) in [6.07, 6.45) is 5.72. The SMILES string of the molecule is Cc1nc2c(N3CCCC3)n[nH]c2nc1N1CCC2(CC1)Cc1ccccc1[C@H]2N. The molecule has 7 nitrogen and oxygen atoms in total. The monoisotopic (exact) mass is 403 g/mol. The van der Waals surface area contributed by atoms with Gasteiger partial charge in [-0.1, -0.05) is 24.3 Å². The van der Waals surface area contributed by atoms with Crippen LogP contribution in [0.25, 0.3) is 11.2 Å². The van der Waals surface area contributed by atoms with Gasteiger partial charge in [0.05, 0.1) is 5.69 Å². The second kappa shape index (κ2) is 6.67. The van der Waals surface area contributed by atoms with Crippen LogP contribution in [0.15, 0.2) is 24.3 Å². The Morgan fingerprint density at radius 1 is 1.00 bits per heavy atom. The number of benzene rings is 1. The van der Waals surface area contributed by atoms with Crippen molar-refractivity contribution in [3.05, 3.63) is 41.1 Å². The van der Waals surface area contributed by atoms with Crippen LogP contribution in [0.1, 0.15) is 48.5 Å². The fourth-order valence-corrected chi connectivity index (χ4v) is 5.82. The van der Waals surface area contributed by atoms with E-state index in [1.807, 2.05) is 0 Å². The molecule has 2 aliphatic heterocycles. The number of piperidine rings is 1. The molecule has 156 valence electrons. The van der Waals surface area contributed by atoms with Gasteiger partial charge in [-0.2, -0.15) is 5.10 Å². The fourth-order valence-electron chi connectivity index (χ4n) is 5.82. The van der Waals surface area contributed by atoms with E-state index < -0.39 is 0 Å². The Labute approximate surface area is 176 Å². The zero-order chi connectivity index (χ0) is 20.3. The number of H-pyrrole nitrogens is 1. The van der Waals surface area contributed by atoms with Gasteiger partial charge < -0.3 is 15.5 Å². The van der Waals surface area contributed by atoms with Gasteiger partial charge >= 0.3 is 0 Å². The number of nitrogens with two attached hydrogens (primary N) is 1. The Bertz CT molecular complexity index is 1090. The molecule has 4 heterocycles. The lowest BCUT2D eigenvalue weighted by Gasteiger charge is -2.42. The molecule has 2 fully saturated rings. The van der Waals surface area contributed by atoms with Gasteiger partial charge in [-0.3, -0.25) is 5.10 Å². The quantitative estimate of drug-likeness (QED) is 0.684. The van der Waals surface area contributed by atoms with E-state index in [0.29, 0.717) is 0 Å². The molecule has 0 unspecified atom stereocenters. The van der Waals surface area contributed by atoms with Crippen molar-refractivity contribution in [2.24, 2.45) is 11.1 Å². The Morgan fingerprint density at radius 2 is 1.73 bits per heavy atom. The van der Waals surface area contributed by atoms with Crippen molar-refractivity contribution in [3.63, 3.8) is 0 Å². The molecule has 1 spiro atoms. The summed E-state index contributed by atoms with van der Waals surface area (Å²) in [5.74, 6) is 1.94. The van der Waals surface area contributed by atoms with Gasteiger partial charge in [0.1, 0.15) is 0 Å². The van der Waals surface area contributed by atoms with Crippen molar-refractivity contribution in [2.45, 2.75) is 45.1 Å². The van der Waals surface area contributed by atoms with E-state index in [9.17, 15) is 0 Å². The maximum Gasteiger partial charge on any atom is 0.178 e. The van der Waals surface area contributed by atoms with E-state index >= 15 is 0 Å². The molecule has 1 aromatic carbocycles. The molecule has 1 aliphatic carbocycles. The highest BCUT2D eigenvalue weighted by molar-refractivity contribution is 5.85. The van der Waals surface area contributed by atoms with E-state index in [1.165, 1.54) is 24.0 Å². The van der Waals surface area contributed by atoms with Crippen molar-refractivity contribution in [3.8, 4) is 0 Å². The molecule has 1 atom stereocenters. The predicted molar refractivity (Wildman–Crippen MR) is 119 cm³/mol. The van der Waals surface area contributed by atoms with Crippen molar-refractivity contribution in [1.29, 1.82) is 0 Å². The zero-order valence-electron chi connectivity index (χ0n) is 17.6. The minimum Gasteiger partial charge on any atom is -0.355 e. The van der Waals surface area contributed by atoms with E-state index in [2.05, 4.69) is 51.2 Å². The molecule has 7 heteroatoms. The van der Waals surface area contributed by atoms with Gasteiger partial charge in [0.25, 0.3) is 0 Å². The first-order valence-corrected chi connectivity index (χ1v) is 11.2. The summed E-state index contributed by atoms with van der Waals surface area (Å²) < 4.78 is 0. The molecular weight excluding hydrogens is 374 g/mol. The van der Waals surface area contributed by atoms with Gasteiger partial charge in [0, 0.05) is 32.2 Å². The Kier molecular flexibility index (Phi) is 4.03. The second-order valence-electron chi connectivity index (χ2n) is 9.27. The van der Waals surface area contributed by atoms with Gasteiger partial charge in [-0.15, -0.1) is 0 Å². The summed E-state index contributed by atoms with van der Waals surface area (Å²) in [4.78, 5) is 14.6. The number of nitrogens with one attached hydrogen (secondary N) is 1. The van der Waals surface area contributed by atoms with Gasteiger partial charge in [0.2, 0.25) is 0 Å². The van der Waals surface area contributed by atoms with Crippen LogP contribution in [0.4, 0.5) is 11.6 Å². The molecule has 0 radical (unpaired) electrons. The molecule has 0 saturated carbocycles.